The summed E-state index contributed by atoms with van der Waals surface area (Å²) < 4.78 is 269. The van der Waals surface area contributed by atoms with E-state index in [1.165, 1.54) is 6.08 Å². The van der Waals surface area contributed by atoms with E-state index in [0.717, 1.165) is 18.2 Å². The topological polar surface area (TPSA) is 146 Å². The molecule has 0 heterocycles. The van der Waals surface area contributed by atoms with Gasteiger partial charge in [-0.3, -0.25) is 0 Å². The maximum atomic E-state index is 13.2. The van der Waals surface area contributed by atoms with Crippen molar-refractivity contribution in [1.82, 2.24) is 0 Å². The van der Waals surface area contributed by atoms with E-state index >= 15 is 0 Å². The predicted octanol–water partition coefficient (Wildman–Crippen LogP) is 13.1. The number of benzene rings is 2. The van der Waals surface area contributed by atoms with Crippen LogP contribution >= 0.6 is 23.2 Å². The summed E-state index contributed by atoms with van der Waals surface area (Å²) in [5.41, 5.74) is -13.4. The molecule has 356 valence electrons. The molecule has 0 amide bonds. The highest BCUT2D eigenvalue weighted by Crippen LogP contribution is 2.50. The first-order chi connectivity index (χ1) is 35.1. The summed E-state index contributed by atoms with van der Waals surface area (Å²) in [6.45, 7) is -2.77. The molecule has 2 aromatic rings. The Morgan fingerprint density at radius 3 is 1.37 bits per heavy atom. The second-order valence-electron chi connectivity index (χ2n) is 15.8. The van der Waals surface area contributed by atoms with Gasteiger partial charge in [-0.15, -0.1) is 23.2 Å². The highest BCUT2D eigenvalue weighted by molar-refractivity contribution is 7.88. The molecule has 0 bridgehead atoms. The van der Waals surface area contributed by atoms with Crippen LogP contribution in [0.3, 0.4) is 0 Å². The van der Waals surface area contributed by atoms with Crippen molar-refractivity contribution < 1.29 is 92.5 Å². The minimum Gasteiger partial charge on any atom is -0.544 e. The molecule has 0 spiro atoms. The summed E-state index contributed by atoms with van der Waals surface area (Å²) in [4.78, 5) is 0. The van der Waals surface area contributed by atoms with Crippen LogP contribution < -0.4 is 17.2 Å². The molecular weight excluding hydrogens is 958 g/mol. The summed E-state index contributed by atoms with van der Waals surface area (Å²) in [7, 11) is -17.6. The lowest BCUT2D eigenvalue weighted by Gasteiger charge is -2.35. The standard InChI is InChI=1S/C23H35F3O5SSi2.C17H19F3O5S.CH2Cl2/c1-15(2)18-11-10-16(3)12-19(18)22-20(30-33(4,5)6)13-17(14-21(22)31-34(7,8)9)29-32(27,28)23(24,25)26;1-9(2)12-5-4-10(3)6-13(12)16-14(21)7-11(8-15(16)22)25-26(23,24)17(18,19)20;2-1-3/h12-14,18-19H,1,10-11H2,2-9H3;6-8,12-13,21-22H,1,4-5H2,2-3H3;1H2/t18-,19+;12-,13+;/m00./s1/i2*1D2,2D3,3D3;. The molecule has 4 atom stereocenters. The van der Waals surface area contributed by atoms with Crippen LogP contribution in [0.4, 0.5) is 26.3 Å². The number of halogens is 8. The van der Waals surface area contributed by atoms with Gasteiger partial charge in [0.25, 0.3) is 0 Å². The summed E-state index contributed by atoms with van der Waals surface area (Å²) >= 11 is 9.53. The van der Waals surface area contributed by atoms with E-state index in [1.807, 2.05) is 0 Å². The number of phenolic OH excluding ortho intramolecular Hbond substituents is 2. The van der Waals surface area contributed by atoms with E-state index in [4.69, 9.17) is 54.0 Å². The molecule has 0 saturated carbocycles. The van der Waals surface area contributed by atoms with Crippen molar-refractivity contribution in [3.8, 4) is 34.5 Å². The molecule has 0 fully saturated rings. The van der Waals surface area contributed by atoms with Gasteiger partial charge < -0.3 is 27.4 Å². The Kier molecular flexibility index (Phi) is 11.8. The molecule has 63 heavy (non-hydrogen) atoms. The highest BCUT2D eigenvalue weighted by atomic mass is 35.5. The summed E-state index contributed by atoms with van der Waals surface area (Å²) in [6.07, 6.45) is 1.85. The number of rotatable bonds is 12. The lowest BCUT2D eigenvalue weighted by atomic mass is 9.74. The highest BCUT2D eigenvalue weighted by Gasteiger charge is 2.50. The fourth-order valence-corrected chi connectivity index (χ4v) is 8.69. The van der Waals surface area contributed by atoms with Gasteiger partial charge >= 0.3 is 31.3 Å². The molecule has 2 N–H and O–H groups in total. The van der Waals surface area contributed by atoms with E-state index in [-0.39, 0.29) is 59.2 Å². The molecule has 0 radical (unpaired) electrons. The molecule has 2 aliphatic carbocycles. The van der Waals surface area contributed by atoms with Crippen molar-refractivity contribution in [3.05, 3.63) is 82.9 Å². The van der Waals surface area contributed by atoms with Crippen molar-refractivity contribution >= 4 is 60.1 Å². The third kappa shape index (κ3) is 16.0. The van der Waals surface area contributed by atoms with E-state index in [1.54, 1.807) is 39.3 Å². The van der Waals surface area contributed by atoms with Gasteiger partial charge in [0, 0.05) is 63.7 Å². The van der Waals surface area contributed by atoms with Gasteiger partial charge in [0.2, 0.25) is 16.6 Å². The van der Waals surface area contributed by atoms with Crippen LogP contribution in [0.5, 0.6) is 34.5 Å². The minimum absolute atomic E-state index is 0.0250. The van der Waals surface area contributed by atoms with Crippen LogP contribution in [-0.2, 0) is 20.2 Å². The van der Waals surface area contributed by atoms with Crippen LogP contribution in [0.1, 0.15) is 98.0 Å². The fraction of sp³-hybridized carbons (Fsp3) is 0.512. The van der Waals surface area contributed by atoms with Crippen molar-refractivity contribution in [2.24, 2.45) is 11.8 Å². The maximum Gasteiger partial charge on any atom is 0.534 e. The Morgan fingerprint density at radius 1 is 0.714 bits per heavy atom. The molecular formula is C41H56Cl2F6O10S2Si2. The van der Waals surface area contributed by atoms with Gasteiger partial charge in [0.15, 0.2) is 0 Å². The second kappa shape index (κ2) is 21.3. The monoisotopic (exact) mass is 1030 g/mol. The third-order valence-electron chi connectivity index (χ3n) is 8.48. The van der Waals surface area contributed by atoms with E-state index in [9.17, 15) is 53.4 Å². The Labute approximate surface area is 401 Å². The minimum atomic E-state index is -6.14. The van der Waals surface area contributed by atoms with Gasteiger partial charge in [0.05, 0.1) is 10.8 Å². The normalized spacial score (nSPS) is 24.2. The Bertz CT molecular complexity index is 2820. The first-order valence-electron chi connectivity index (χ1n) is 26.1. The van der Waals surface area contributed by atoms with Crippen LogP contribution in [0.25, 0.3) is 0 Å². The van der Waals surface area contributed by atoms with E-state index in [2.05, 4.69) is 8.37 Å². The average Bonchev–Trinajstić information content (AvgIpc) is 3.17. The summed E-state index contributed by atoms with van der Waals surface area (Å²) in [5, 5.41) is 21.0. The second-order valence-corrected chi connectivity index (χ2v) is 28.5. The fourth-order valence-electron chi connectivity index (χ4n) is 6.15. The zero-order chi connectivity index (χ0) is 62.0. The average molecular weight is 1030 g/mol. The summed E-state index contributed by atoms with van der Waals surface area (Å²) in [5.74, 6) is -9.31. The molecule has 0 aromatic heterocycles. The van der Waals surface area contributed by atoms with Gasteiger partial charge in [-0.2, -0.15) is 43.2 Å². The zero-order valence-corrected chi connectivity index (χ0v) is 39.5. The molecule has 0 aliphatic heterocycles. The summed E-state index contributed by atoms with van der Waals surface area (Å²) in [6, 6.07) is 2.69. The van der Waals surface area contributed by atoms with Gasteiger partial charge in [0.1, 0.15) is 34.5 Å². The van der Waals surface area contributed by atoms with E-state index in [0.29, 0.717) is 12.1 Å². The number of phenols is 2. The first kappa shape index (κ1) is 35.0. The largest absolute Gasteiger partial charge is 0.544 e. The van der Waals surface area contributed by atoms with Crippen molar-refractivity contribution in [1.29, 1.82) is 0 Å². The number of alkyl halides is 8. The number of hydrogen-bond acceptors (Lipinski definition) is 10. The van der Waals surface area contributed by atoms with Crippen LogP contribution in [0.15, 0.2) is 71.8 Å². The molecule has 10 nitrogen and oxygen atoms in total. The number of allylic oxidation sites excluding steroid dienone is 6. The Morgan fingerprint density at radius 2 is 1.06 bits per heavy atom. The third-order valence-corrected chi connectivity index (χ3v) is 12.1. The van der Waals surface area contributed by atoms with Gasteiger partial charge in [-0.25, -0.2) is 0 Å². The van der Waals surface area contributed by atoms with Crippen LogP contribution in [0, 0.1) is 11.8 Å². The zero-order valence-electron chi connectivity index (χ0n) is 50.3. The Hall–Kier alpha value is -3.31. The molecule has 0 saturated heterocycles. The van der Waals surface area contributed by atoms with Gasteiger partial charge in [-0.05, 0) is 104 Å². The van der Waals surface area contributed by atoms with Crippen LogP contribution in [0.2, 0.25) is 39.3 Å². The van der Waals surface area contributed by atoms with Crippen molar-refractivity contribution in [3.63, 3.8) is 0 Å². The van der Waals surface area contributed by atoms with Crippen molar-refractivity contribution in [2.45, 2.75) is 115 Å². The molecule has 0 unspecified atom stereocenters. The van der Waals surface area contributed by atoms with E-state index < -0.39 is 152 Å². The smallest absolute Gasteiger partial charge is 0.534 e. The molecule has 4 rings (SSSR count). The Balaban J connectivity index is 0.000000524. The van der Waals surface area contributed by atoms with Crippen molar-refractivity contribution in [2.75, 3.05) is 5.34 Å². The quantitative estimate of drug-likeness (QED) is 0.0526. The molecule has 22 heteroatoms. The first-order valence-corrected chi connectivity index (χ1v) is 28.8. The number of aromatic hydroxyl groups is 2. The lowest BCUT2D eigenvalue weighted by molar-refractivity contribution is -0.0504. The SMILES string of the molecule is ClCCl.[2H]C([2H])=C([C@@H]1CCC(C([2H])([2H])[2H])=C[C@H]1c1c(O)cc(OS(=O)(=O)C(F)(F)F)cc1O)C([2H])([2H])[2H].[2H]C([2H])=C([C@@H]1CCC(C([2H])([2H])[2H])=C[C@H]1c1c(O[Si](C)(C)C)cc(OS(=O)(=O)C(F)(F)F)cc1O[Si](C)(C)C)C([2H])([2H])[2H]. The number of hydrogen-bond donors (Lipinski definition) is 2. The maximum absolute atomic E-state index is 13.2. The lowest BCUT2D eigenvalue weighted by Crippen LogP contribution is -2.33. The predicted molar refractivity (Wildman–Crippen MR) is 240 cm³/mol. The van der Waals surface area contributed by atoms with Crippen LogP contribution in [-0.4, -0.2) is 60.0 Å². The molecule has 2 aromatic carbocycles. The molecule has 2 aliphatic rings. The van der Waals surface area contributed by atoms with Gasteiger partial charge in [-0.1, -0.05) is 47.5 Å².